The summed E-state index contributed by atoms with van der Waals surface area (Å²) < 4.78 is 0. The molecule has 2 fully saturated rings. The largest absolute Gasteiger partial charge is 0.392 e. The molecule has 1 saturated carbocycles. The minimum Gasteiger partial charge on any atom is -0.392 e. The van der Waals surface area contributed by atoms with Gasteiger partial charge in [-0.2, -0.15) is 0 Å². The number of nitrogens with zero attached hydrogens (tertiary/aromatic N) is 1. The number of piperidine rings is 1. The van der Waals surface area contributed by atoms with Crippen LogP contribution in [-0.2, 0) is 17.9 Å². The fourth-order valence-electron chi connectivity index (χ4n) is 4.15. The Hall–Kier alpha value is -2.37. The second kappa shape index (κ2) is 5.58. The van der Waals surface area contributed by atoms with Crippen LogP contribution in [0.1, 0.15) is 28.8 Å². The molecule has 3 aliphatic rings. The number of anilines is 1. The van der Waals surface area contributed by atoms with E-state index in [-0.39, 0.29) is 12.5 Å². The van der Waals surface area contributed by atoms with Gasteiger partial charge in [-0.15, -0.1) is 0 Å². The number of fused-ring (bicyclic) bond motifs is 2. The van der Waals surface area contributed by atoms with E-state index in [4.69, 9.17) is 0 Å². The molecule has 5 nitrogen and oxygen atoms in total. The average Bonchev–Trinajstić information content (AvgIpc) is 2.95. The lowest BCUT2D eigenvalue weighted by molar-refractivity contribution is -0.110. The fourth-order valence-corrected chi connectivity index (χ4v) is 4.15. The second-order valence-corrected chi connectivity index (χ2v) is 7.46. The summed E-state index contributed by atoms with van der Waals surface area (Å²) in [5.74, 6) is 1.79. The van der Waals surface area contributed by atoms with Crippen LogP contribution in [0.15, 0.2) is 30.5 Å². The second-order valence-electron chi connectivity index (χ2n) is 7.46. The Labute approximate surface area is 146 Å². The van der Waals surface area contributed by atoms with Crippen molar-refractivity contribution in [2.45, 2.75) is 19.6 Å². The Morgan fingerprint density at radius 2 is 2.04 bits per heavy atom. The van der Waals surface area contributed by atoms with Crippen LogP contribution in [0.5, 0.6) is 0 Å². The minimum atomic E-state index is -0.0964. The van der Waals surface area contributed by atoms with E-state index in [0.717, 1.165) is 40.9 Å². The van der Waals surface area contributed by atoms with E-state index in [1.54, 1.807) is 0 Å². The predicted octanol–water partition coefficient (Wildman–Crippen LogP) is 2.45. The number of likely N-dealkylation sites (tertiary alicyclic amines) is 1. The van der Waals surface area contributed by atoms with Crippen molar-refractivity contribution in [3.05, 3.63) is 52.8 Å². The summed E-state index contributed by atoms with van der Waals surface area (Å²) in [6, 6.07) is 7.67. The van der Waals surface area contributed by atoms with Gasteiger partial charge in [0, 0.05) is 42.8 Å². The zero-order valence-electron chi connectivity index (χ0n) is 14.0. The van der Waals surface area contributed by atoms with Gasteiger partial charge in [-0.05, 0) is 53.7 Å². The molecule has 5 heteroatoms. The molecule has 5 rings (SSSR count). The molecule has 2 aromatic rings. The van der Waals surface area contributed by atoms with Crippen molar-refractivity contribution in [3.8, 4) is 0 Å². The van der Waals surface area contributed by atoms with Crippen molar-refractivity contribution in [2.75, 3.05) is 18.4 Å². The van der Waals surface area contributed by atoms with Crippen molar-refractivity contribution in [3.63, 3.8) is 0 Å². The lowest BCUT2D eigenvalue weighted by atomic mass is 10.0. The van der Waals surface area contributed by atoms with Crippen molar-refractivity contribution in [1.82, 2.24) is 9.88 Å². The SMILES string of the molecule is O=C1Nc2ccc(CO)cc2C1=Cc1cc(CN2CC3CC3C2)c[nH]1. The fraction of sp³-hybridized carbons (Fsp3) is 0.350. The van der Waals surface area contributed by atoms with Gasteiger partial charge in [0.1, 0.15) is 0 Å². The topological polar surface area (TPSA) is 68.4 Å². The van der Waals surface area contributed by atoms with E-state index >= 15 is 0 Å². The number of hydrogen-bond donors (Lipinski definition) is 3. The summed E-state index contributed by atoms with van der Waals surface area (Å²) in [7, 11) is 0. The van der Waals surface area contributed by atoms with Gasteiger partial charge in [0.2, 0.25) is 0 Å². The molecule has 2 aliphatic heterocycles. The summed E-state index contributed by atoms with van der Waals surface area (Å²) in [5, 5.41) is 12.2. The predicted molar refractivity (Wildman–Crippen MR) is 96.5 cm³/mol. The number of amides is 1. The highest BCUT2D eigenvalue weighted by Gasteiger charge is 2.44. The van der Waals surface area contributed by atoms with Crippen LogP contribution >= 0.6 is 0 Å². The van der Waals surface area contributed by atoms with Gasteiger partial charge in [0.25, 0.3) is 5.91 Å². The van der Waals surface area contributed by atoms with E-state index in [1.165, 1.54) is 25.1 Å². The molecular formula is C20H21N3O2. The monoisotopic (exact) mass is 335 g/mol. The first-order valence-corrected chi connectivity index (χ1v) is 8.86. The van der Waals surface area contributed by atoms with E-state index in [0.29, 0.717) is 5.57 Å². The average molecular weight is 335 g/mol. The number of carbonyl (C=O) groups excluding carboxylic acids is 1. The molecule has 0 bridgehead atoms. The third-order valence-electron chi connectivity index (χ3n) is 5.58. The van der Waals surface area contributed by atoms with Gasteiger partial charge < -0.3 is 15.4 Å². The summed E-state index contributed by atoms with van der Waals surface area (Å²) >= 11 is 0. The van der Waals surface area contributed by atoms with E-state index in [2.05, 4.69) is 21.3 Å². The van der Waals surface area contributed by atoms with Gasteiger partial charge >= 0.3 is 0 Å². The third kappa shape index (κ3) is 2.69. The van der Waals surface area contributed by atoms with Crippen LogP contribution in [0.4, 0.5) is 5.69 Å². The molecule has 3 heterocycles. The Morgan fingerprint density at radius 3 is 2.84 bits per heavy atom. The maximum absolute atomic E-state index is 12.3. The number of aliphatic hydroxyl groups excluding tert-OH is 1. The number of carbonyl (C=O) groups is 1. The number of rotatable bonds is 4. The lowest BCUT2D eigenvalue weighted by Gasteiger charge is -2.15. The number of aromatic amines is 1. The quantitative estimate of drug-likeness (QED) is 0.752. The molecule has 2 atom stereocenters. The number of aromatic nitrogens is 1. The number of benzene rings is 1. The number of hydrogen-bond acceptors (Lipinski definition) is 3. The first-order valence-electron chi connectivity index (χ1n) is 8.86. The highest BCUT2D eigenvalue weighted by Crippen LogP contribution is 2.45. The summed E-state index contributed by atoms with van der Waals surface area (Å²) in [6.45, 7) is 3.40. The molecule has 3 N–H and O–H groups in total. The van der Waals surface area contributed by atoms with Crippen LogP contribution in [0.2, 0.25) is 0 Å². The standard InChI is InChI=1S/C20H21N3O2/c24-11-12-1-2-19-17(4-12)18(20(25)22-19)6-16-3-13(7-21-16)8-23-9-14-5-15(14)10-23/h1-4,6-7,14-15,21,24H,5,8-11H2,(H,22,25). The first kappa shape index (κ1) is 14.9. The van der Waals surface area contributed by atoms with Crippen LogP contribution in [0.25, 0.3) is 11.6 Å². The molecule has 25 heavy (non-hydrogen) atoms. The maximum Gasteiger partial charge on any atom is 0.256 e. The first-order chi connectivity index (χ1) is 12.2. The van der Waals surface area contributed by atoms with Gasteiger partial charge in [-0.1, -0.05) is 6.07 Å². The van der Waals surface area contributed by atoms with Crippen LogP contribution in [0.3, 0.4) is 0 Å². The summed E-state index contributed by atoms with van der Waals surface area (Å²) in [5.41, 5.74) is 5.30. The summed E-state index contributed by atoms with van der Waals surface area (Å²) in [4.78, 5) is 18.1. The maximum atomic E-state index is 12.3. The zero-order chi connectivity index (χ0) is 17.0. The molecular weight excluding hydrogens is 314 g/mol. The van der Waals surface area contributed by atoms with E-state index < -0.39 is 0 Å². The normalized spacial score (nSPS) is 26.0. The van der Waals surface area contributed by atoms with Gasteiger partial charge in [0.05, 0.1) is 12.2 Å². The molecule has 1 amide bonds. The van der Waals surface area contributed by atoms with Gasteiger partial charge in [-0.3, -0.25) is 9.69 Å². The van der Waals surface area contributed by atoms with Crippen LogP contribution < -0.4 is 5.32 Å². The molecule has 1 aromatic carbocycles. The van der Waals surface area contributed by atoms with Crippen LogP contribution in [0, 0.1) is 11.8 Å². The highest BCUT2D eigenvalue weighted by molar-refractivity contribution is 6.34. The van der Waals surface area contributed by atoms with Crippen molar-refractivity contribution >= 4 is 23.2 Å². The van der Waals surface area contributed by atoms with Crippen LogP contribution in [-0.4, -0.2) is 34.0 Å². The number of nitrogens with one attached hydrogen (secondary N) is 2. The summed E-state index contributed by atoms with van der Waals surface area (Å²) in [6.07, 6.45) is 5.35. The Morgan fingerprint density at radius 1 is 1.20 bits per heavy atom. The minimum absolute atomic E-state index is 0.0285. The highest BCUT2D eigenvalue weighted by atomic mass is 16.3. The molecule has 128 valence electrons. The van der Waals surface area contributed by atoms with Crippen molar-refractivity contribution in [1.29, 1.82) is 0 Å². The molecule has 0 spiro atoms. The zero-order valence-corrected chi connectivity index (χ0v) is 14.0. The Kier molecular flexibility index (Phi) is 3.33. The molecule has 2 unspecified atom stereocenters. The third-order valence-corrected chi connectivity index (χ3v) is 5.58. The van der Waals surface area contributed by atoms with E-state index in [1.807, 2.05) is 30.5 Å². The smallest absolute Gasteiger partial charge is 0.256 e. The van der Waals surface area contributed by atoms with Crippen molar-refractivity contribution < 1.29 is 9.90 Å². The molecule has 1 aromatic heterocycles. The molecule has 0 radical (unpaired) electrons. The lowest BCUT2D eigenvalue weighted by Crippen LogP contribution is -2.21. The van der Waals surface area contributed by atoms with E-state index in [9.17, 15) is 9.90 Å². The van der Waals surface area contributed by atoms with Gasteiger partial charge in [-0.25, -0.2) is 0 Å². The molecule has 1 aliphatic carbocycles. The van der Waals surface area contributed by atoms with Gasteiger partial charge in [0.15, 0.2) is 0 Å². The van der Waals surface area contributed by atoms with Crippen molar-refractivity contribution in [2.24, 2.45) is 11.8 Å². The Balaban J connectivity index is 1.38. The molecule has 1 saturated heterocycles. The number of H-pyrrole nitrogens is 1. The Bertz CT molecular complexity index is 873. The number of aliphatic hydroxyl groups is 1.